The molecule has 0 bridgehead atoms. The van der Waals surface area contributed by atoms with Crippen molar-refractivity contribution in [2.24, 2.45) is 58.4 Å². The summed E-state index contributed by atoms with van der Waals surface area (Å²) >= 11 is 25.1. The van der Waals surface area contributed by atoms with Gasteiger partial charge >= 0.3 is 13.1 Å². The summed E-state index contributed by atoms with van der Waals surface area (Å²) in [6.45, 7) is 5.08. The predicted molar refractivity (Wildman–Crippen MR) is 394 cm³/mol. The molecule has 4 atom stereocenters. The molecule has 5 aliphatic carbocycles. The first kappa shape index (κ1) is 76.5. The van der Waals surface area contributed by atoms with Crippen LogP contribution in [0.1, 0.15) is 148 Å². The fourth-order valence-corrected chi connectivity index (χ4v) is 16.8. The normalized spacial score (nSPS) is 20.6. The van der Waals surface area contributed by atoms with Crippen LogP contribution < -0.4 is 39.0 Å². The summed E-state index contributed by atoms with van der Waals surface area (Å²) in [5, 5.41) is 41.4. The zero-order chi connectivity index (χ0) is 75.7. The standard InChI is InChI=1S/C22H23ClF3N5O2.C17H17ClFN3O.C16H16ClFN4O.C11H14IN3O.C6H5BClFO2/c1-21(9-22(25,26)10-21)28-20(33)30-7-16-17(19(27)32)18(12-4-5-14(24)13(23)6-12)29-31(16)8-15(30)11-2-3-11;18-12-7-10(3-5-13(12)19)16-15(17(20)23)14-6-4-11(9-1-2-9)8-22(14)21-16;17-10-5-9(3-4-11(10)18)15-14(16(19)23)13-6-20-12(8-1-2-8)7-22(13)21-15;12-10-9(11(13)16)8-4-3-7(6-1-2-6)5-15(8)14-10;8-5-3-4(7(10)11)1-2-6(5)9/h4-6,11,15H,2-3,7-10H2,1H3,(H2,27,32)(H,28,33);3,5,7,9,11H,1-2,4,6,8H2,(H2,20,23);3-5,8,12,20H,1-2,6-7H2,(H2,19,23);6-7H,1-5H2,(H2,13,16);1-3,10-11H. The van der Waals surface area contributed by atoms with Gasteiger partial charge in [0.05, 0.1) is 96.3 Å². The van der Waals surface area contributed by atoms with Gasteiger partial charge in [0.25, 0.3) is 29.6 Å². The molecule has 6 amide bonds. The van der Waals surface area contributed by atoms with Crippen LogP contribution in [0.4, 0.5) is 31.1 Å². The van der Waals surface area contributed by atoms with Crippen molar-refractivity contribution in [1.82, 2.24) is 54.7 Å². The van der Waals surface area contributed by atoms with Crippen molar-refractivity contribution in [2.45, 2.75) is 160 Å². The smallest absolute Gasteiger partial charge is 0.423 e. The maximum atomic E-state index is 13.7. The van der Waals surface area contributed by atoms with E-state index in [1.54, 1.807) is 28.6 Å². The van der Waals surface area contributed by atoms with Crippen molar-refractivity contribution in [3.63, 3.8) is 0 Å². The van der Waals surface area contributed by atoms with E-state index in [0.29, 0.717) is 81.4 Å². The highest BCUT2D eigenvalue weighted by atomic mass is 127. The van der Waals surface area contributed by atoms with E-state index in [1.165, 1.54) is 99.5 Å². The van der Waals surface area contributed by atoms with E-state index in [-0.39, 0.29) is 61.2 Å². The molecule has 4 aliphatic heterocycles. The number of carbonyl (C=O) groups is 5. The zero-order valence-electron chi connectivity index (χ0n) is 57.2. The van der Waals surface area contributed by atoms with Gasteiger partial charge in [-0.15, -0.1) is 0 Å². The van der Waals surface area contributed by atoms with Gasteiger partial charge in [-0.05, 0) is 214 Å². The number of hydrogen-bond donors (Lipinski definition) is 8. The Morgan fingerprint density at radius 3 is 1.33 bits per heavy atom. The van der Waals surface area contributed by atoms with E-state index in [4.69, 9.17) is 79.4 Å². The largest absolute Gasteiger partial charge is 0.488 e. The quantitative estimate of drug-likeness (QED) is 0.0303. The van der Waals surface area contributed by atoms with E-state index < -0.39 is 78.4 Å². The second-order valence-electron chi connectivity index (χ2n) is 29.1. The molecule has 560 valence electrons. The van der Waals surface area contributed by atoms with Crippen molar-refractivity contribution in [3.05, 3.63) is 165 Å². The van der Waals surface area contributed by atoms with E-state index >= 15 is 0 Å². The lowest BCUT2D eigenvalue weighted by Gasteiger charge is -2.47. The van der Waals surface area contributed by atoms with Crippen LogP contribution in [-0.4, -0.2) is 114 Å². The molecule has 12 N–H and O–H groups in total. The molecule has 5 fully saturated rings. The number of amides is 6. The number of halogens is 11. The van der Waals surface area contributed by atoms with E-state index in [1.807, 2.05) is 14.0 Å². The lowest BCUT2D eigenvalue weighted by atomic mass is 9.75. The van der Waals surface area contributed by atoms with Gasteiger partial charge in [-0.25, -0.2) is 31.1 Å². The van der Waals surface area contributed by atoms with Gasteiger partial charge in [-0.3, -0.25) is 37.9 Å². The minimum Gasteiger partial charge on any atom is -0.423 e. The SMILES string of the molecule is CC1(NC(=O)N2Cc3c(C(N)=O)c(-c4ccc(F)c(Cl)c4)nn3CC2C2CC2)CC(F)(F)C1.NC(=O)c1c(-c2ccc(F)c(Cl)c2)nn2c1CCC(C1CC1)C2.NC(=O)c1c(-c2ccc(F)c(Cl)c2)nn2c1CNC(C1CC1)C2.NC(=O)c1c(I)nn2c1CCC(C1CC1)C2.OB(O)c1ccc(F)c(Cl)c1. The van der Waals surface area contributed by atoms with E-state index in [9.17, 15) is 50.3 Å². The van der Waals surface area contributed by atoms with Crippen LogP contribution in [0.5, 0.6) is 0 Å². The van der Waals surface area contributed by atoms with Crippen LogP contribution in [0.3, 0.4) is 0 Å². The number of nitrogens with zero attached hydrogens (tertiary/aromatic N) is 9. The molecule has 0 spiro atoms. The van der Waals surface area contributed by atoms with Gasteiger partial charge in [0.1, 0.15) is 44.1 Å². The number of fused-ring (bicyclic) bond motifs is 4. The monoisotopic (exact) mass is 1650 g/mol. The first-order chi connectivity index (χ1) is 50.3. The van der Waals surface area contributed by atoms with Gasteiger partial charge in [-0.2, -0.15) is 20.4 Å². The molecular formula is C72H75BCl4F6IN15O7. The van der Waals surface area contributed by atoms with E-state index in [0.717, 1.165) is 96.3 Å². The highest BCUT2D eigenvalue weighted by molar-refractivity contribution is 14.1. The average molecular weight is 1660 g/mol. The van der Waals surface area contributed by atoms with Crippen LogP contribution in [0.15, 0.2) is 72.8 Å². The number of nitrogens with two attached hydrogens (primary N) is 4. The van der Waals surface area contributed by atoms with Crippen LogP contribution >= 0.6 is 69.0 Å². The number of rotatable bonds is 13. The third kappa shape index (κ3) is 16.8. The Morgan fingerprint density at radius 2 is 0.915 bits per heavy atom. The number of alkyl halides is 2. The highest BCUT2D eigenvalue weighted by Crippen LogP contribution is 2.48. The van der Waals surface area contributed by atoms with Crippen molar-refractivity contribution in [1.29, 1.82) is 0 Å². The average Bonchev–Trinajstić information content (AvgIpc) is 1.59. The summed E-state index contributed by atoms with van der Waals surface area (Å²) in [6.07, 6.45) is 12.9. The van der Waals surface area contributed by atoms with Crippen molar-refractivity contribution in [2.75, 3.05) is 0 Å². The van der Waals surface area contributed by atoms with Crippen LogP contribution in [0.2, 0.25) is 20.1 Å². The Balaban J connectivity index is 0.000000122. The molecule has 0 radical (unpaired) electrons. The fraction of sp³-hybridized carbons (Fsp3) is 0.431. The molecule has 17 rings (SSSR count). The van der Waals surface area contributed by atoms with Crippen molar-refractivity contribution >= 4 is 111 Å². The second-order valence-corrected chi connectivity index (χ2v) is 31.7. The highest BCUT2D eigenvalue weighted by Gasteiger charge is 2.56. The summed E-state index contributed by atoms with van der Waals surface area (Å²) in [6, 6.07) is 15.9. The summed E-state index contributed by atoms with van der Waals surface area (Å²) in [5.74, 6) is -2.98. The van der Waals surface area contributed by atoms with Crippen molar-refractivity contribution < 1.29 is 60.4 Å². The molecule has 106 heavy (non-hydrogen) atoms. The number of nitrogens with one attached hydrogen (secondary N) is 2. The third-order valence-electron chi connectivity index (χ3n) is 21.2. The van der Waals surface area contributed by atoms with Gasteiger partial charge in [0, 0.05) is 55.2 Å². The maximum absolute atomic E-state index is 13.7. The first-order valence-electron chi connectivity index (χ1n) is 34.9. The molecule has 34 heteroatoms. The predicted octanol–water partition coefficient (Wildman–Crippen LogP) is 11.4. The molecule has 5 saturated carbocycles. The van der Waals surface area contributed by atoms with Crippen LogP contribution in [0, 0.1) is 62.5 Å². The Labute approximate surface area is 638 Å². The maximum Gasteiger partial charge on any atom is 0.488 e. The van der Waals surface area contributed by atoms with Gasteiger partial charge in [0.2, 0.25) is 0 Å². The molecule has 8 heterocycles. The second kappa shape index (κ2) is 30.7. The summed E-state index contributed by atoms with van der Waals surface area (Å²) < 4.78 is 88.0. The minimum absolute atomic E-state index is 0.00197. The number of urea groups is 1. The number of benzene rings is 4. The van der Waals surface area contributed by atoms with Gasteiger partial charge in [0.15, 0.2) is 0 Å². The lowest BCUT2D eigenvalue weighted by Crippen LogP contribution is -2.64. The van der Waals surface area contributed by atoms with Crippen molar-refractivity contribution in [3.8, 4) is 33.8 Å². The summed E-state index contributed by atoms with van der Waals surface area (Å²) in [5.41, 5.74) is 29.1. The Hall–Kier alpha value is -7.72. The molecule has 4 aromatic carbocycles. The van der Waals surface area contributed by atoms with Crippen LogP contribution in [0.25, 0.3) is 33.8 Å². The molecule has 9 aliphatic rings. The topological polar surface area (TPSA) is 328 Å². The molecule has 8 aromatic rings. The first-order valence-corrected chi connectivity index (χ1v) is 37.5. The number of aromatic nitrogens is 8. The summed E-state index contributed by atoms with van der Waals surface area (Å²) in [7, 11) is -1.60. The summed E-state index contributed by atoms with van der Waals surface area (Å²) in [4.78, 5) is 62.4. The van der Waals surface area contributed by atoms with Crippen LogP contribution in [-0.2, 0) is 52.1 Å². The fourth-order valence-electron chi connectivity index (χ4n) is 15.3. The lowest BCUT2D eigenvalue weighted by molar-refractivity contribution is -0.125. The van der Waals surface area contributed by atoms with Gasteiger partial charge in [-0.1, -0.05) is 52.5 Å². The zero-order valence-corrected chi connectivity index (χ0v) is 62.4. The van der Waals surface area contributed by atoms with E-state index in [2.05, 4.69) is 53.6 Å². The number of primary amides is 4. The molecule has 4 unspecified atom stereocenters. The molecule has 22 nitrogen and oxygen atoms in total. The van der Waals surface area contributed by atoms with Gasteiger partial charge < -0.3 is 48.5 Å². The Morgan fingerprint density at radius 1 is 0.519 bits per heavy atom. The molecule has 4 aromatic heterocycles. The Bertz CT molecular complexity index is 4650. The molecule has 0 saturated heterocycles. The Kier molecular flexibility index (Phi) is 22.2. The molecular weight excluding hydrogens is 1580 g/mol. The number of hydrogen-bond acceptors (Lipinski definition) is 12. The number of carbonyl (C=O) groups excluding carboxylic acids is 5. The third-order valence-corrected chi connectivity index (χ3v) is 23.1. The minimum atomic E-state index is -2.77.